The zero-order chi connectivity index (χ0) is 12.0. The van der Waals surface area contributed by atoms with E-state index in [0.717, 1.165) is 11.8 Å². The average Bonchev–Trinajstić information content (AvgIpc) is 2.28. The highest BCUT2D eigenvalue weighted by molar-refractivity contribution is 9.09. The maximum Gasteiger partial charge on any atom is 0.242 e. The number of pyridine rings is 1. The Hall–Kier alpha value is -0.460. The second-order valence-electron chi connectivity index (χ2n) is 3.62. The summed E-state index contributed by atoms with van der Waals surface area (Å²) >= 11 is 3.33. The molecule has 0 saturated heterocycles. The Morgan fingerprint density at radius 3 is 2.88 bits per heavy atom. The number of nitrogens with one attached hydrogen (secondary N) is 1. The molecule has 4 nitrogen and oxygen atoms in total. The minimum absolute atomic E-state index is 0.209. The summed E-state index contributed by atoms with van der Waals surface area (Å²) < 4.78 is 26.1. The Kier molecular flexibility index (Phi) is 5.37. The Labute approximate surface area is 105 Å². The van der Waals surface area contributed by atoms with E-state index >= 15 is 0 Å². The molecule has 0 aliphatic carbocycles. The molecule has 1 atom stereocenters. The zero-order valence-corrected chi connectivity index (χ0v) is 11.5. The van der Waals surface area contributed by atoms with Crippen LogP contribution >= 0.6 is 15.9 Å². The van der Waals surface area contributed by atoms with E-state index in [1.807, 2.05) is 6.92 Å². The van der Waals surface area contributed by atoms with Crippen LogP contribution in [0.3, 0.4) is 0 Å². The van der Waals surface area contributed by atoms with Crippen molar-refractivity contribution in [2.45, 2.75) is 18.2 Å². The molecule has 0 aliphatic rings. The molecule has 0 bridgehead atoms. The number of aromatic nitrogens is 1. The maximum atomic E-state index is 11.8. The van der Waals surface area contributed by atoms with Crippen LogP contribution < -0.4 is 4.72 Å². The molecule has 16 heavy (non-hydrogen) atoms. The Balaban J connectivity index is 2.60. The van der Waals surface area contributed by atoms with E-state index in [2.05, 4.69) is 25.6 Å². The van der Waals surface area contributed by atoms with Gasteiger partial charge in [0, 0.05) is 24.3 Å². The van der Waals surface area contributed by atoms with Crippen LogP contribution in [0.4, 0.5) is 0 Å². The number of rotatable bonds is 6. The first-order chi connectivity index (χ1) is 7.56. The van der Waals surface area contributed by atoms with Crippen molar-refractivity contribution in [2.24, 2.45) is 5.92 Å². The lowest BCUT2D eigenvalue weighted by Gasteiger charge is -2.11. The van der Waals surface area contributed by atoms with E-state index in [-0.39, 0.29) is 4.90 Å². The van der Waals surface area contributed by atoms with Gasteiger partial charge in [0.2, 0.25) is 10.0 Å². The van der Waals surface area contributed by atoms with Gasteiger partial charge in [-0.15, -0.1) is 0 Å². The first kappa shape index (κ1) is 13.6. The number of hydrogen-bond acceptors (Lipinski definition) is 3. The Bertz CT molecular complexity index is 408. The summed E-state index contributed by atoms with van der Waals surface area (Å²) in [5.41, 5.74) is 0. The SMILES string of the molecule is CC(CCBr)CNS(=O)(=O)c1cccnc1. The van der Waals surface area contributed by atoms with Gasteiger partial charge in [-0.2, -0.15) is 0 Å². The summed E-state index contributed by atoms with van der Waals surface area (Å²) in [4.78, 5) is 4.00. The fraction of sp³-hybridized carbons (Fsp3) is 0.500. The molecule has 0 spiro atoms. The molecule has 1 heterocycles. The van der Waals surface area contributed by atoms with Crippen molar-refractivity contribution in [2.75, 3.05) is 11.9 Å². The Morgan fingerprint density at radius 2 is 2.31 bits per heavy atom. The molecule has 0 fully saturated rings. The quantitative estimate of drug-likeness (QED) is 0.815. The first-order valence-electron chi connectivity index (χ1n) is 5.02. The molecule has 0 radical (unpaired) electrons. The normalized spacial score (nSPS) is 13.6. The van der Waals surface area contributed by atoms with E-state index in [9.17, 15) is 8.42 Å². The van der Waals surface area contributed by atoms with E-state index in [4.69, 9.17) is 0 Å². The number of halogens is 1. The largest absolute Gasteiger partial charge is 0.263 e. The van der Waals surface area contributed by atoms with Crippen LogP contribution in [0, 0.1) is 5.92 Å². The summed E-state index contributed by atoms with van der Waals surface area (Å²) in [6, 6.07) is 3.14. The van der Waals surface area contributed by atoms with Gasteiger partial charge >= 0.3 is 0 Å². The molecule has 1 aromatic heterocycles. The topological polar surface area (TPSA) is 59.1 Å². The Morgan fingerprint density at radius 1 is 1.56 bits per heavy atom. The third-order valence-corrected chi connectivity index (χ3v) is 4.04. The lowest BCUT2D eigenvalue weighted by molar-refractivity contribution is 0.532. The van der Waals surface area contributed by atoms with Crippen molar-refractivity contribution in [3.05, 3.63) is 24.5 Å². The van der Waals surface area contributed by atoms with Crippen LogP contribution in [0.15, 0.2) is 29.4 Å². The number of alkyl halides is 1. The molecule has 0 aromatic carbocycles. The molecular weight excluding hydrogens is 292 g/mol. The van der Waals surface area contributed by atoms with Crippen molar-refractivity contribution in [3.8, 4) is 0 Å². The van der Waals surface area contributed by atoms with E-state index < -0.39 is 10.0 Å². The van der Waals surface area contributed by atoms with Crippen LogP contribution in [0.2, 0.25) is 0 Å². The van der Waals surface area contributed by atoms with Crippen LogP contribution in [0.5, 0.6) is 0 Å². The van der Waals surface area contributed by atoms with Crippen LogP contribution in [0.1, 0.15) is 13.3 Å². The van der Waals surface area contributed by atoms with Crippen LogP contribution in [-0.2, 0) is 10.0 Å². The van der Waals surface area contributed by atoms with Gasteiger partial charge in [0.15, 0.2) is 0 Å². The van der Waals surface area contributed by atoms with Crippen molar-refractivity contribution in [3.63, 3.8) is 0 Å². The van der Waals surface area contributed by atoms with Gasteiger partial charge in [0.25, 0.3) is 0 Å². The summed E-state index contributed by atoms with van der Waals surface area (Å²) in [5, 5.41) is 0.878. The predicted octanol–water partition coefficient (Wildman–Crippen LogP) is 1.78. The maximum absolute atomic E-state index is 11.8. The van der Waals surface area contributed by atoms with Gasteiger partial charge in [0.1, 0.15) is 4.90 Å². The minimum Gasteiger partial charge on any atom is -0.263 e. The minimum atomic E-state index is -3.40. The highest BCUT2D eigenvalue weighted by atomic mass is 79.9. The van der Waals surface area contributed by atoms with Crippen LogP contribution in [0.25, 0.3) is 0 Å². The smallest absolute Gasteiger partial charge is 0.242 e. The van der Waals surface area contributed by atoms with Crippen molar-refractivity contribution in [1.82, 2.24) is 9.71 Å². The van der Waals surface area contributed by atoms with E-state index in [1.165, 1.54) is 12.3 Å². The van der Waals surface area contributed by atoms with Crippen molar-refractivity contribution >= 4 is 26.0 Å². The number of nitrogens with zero attached hydrogens (tertiary/aromatic N) is 1. The summed E-state index contributed by atoms with van der Waals surface area (Å²) in [6.45, 7) is 2.45. The molecule has 6 heteroatoms. The monoisotopic (exact) mass is 306 g/mol. The fourth-order valence-electron chi connectivity index (χ4n) is 1.13. The fourth-order valence-corrected chi connectivity index (χ4v) is 3.04. The molecular formula is C10H15BrN2O2S. The van der Waals surface area contributed by atoms with Crippen molar-refractivity contribution < 1.29 is 8.42 Å². The molecule has 0 saturated carbocycles. The van der Waals surface area contributed by atoms with Crippen LogP contribution in [-0.4, -0.2) is 25.3 Å². The van der Waals surface area contributed by atoms with Gasteiger partial charge < -0.3 is 0 Å². The molecule has 1 N–H and O–H groups in total. The molecule has 1 aromatic rings. The first-order valence-corrected chi connectivity index (χ1v) is 7.62. The van der Waals surface area contributed by atoms with E-state index in [0.29, 0.717) is 12.5 Å². The summed E-state index contributed by atoms with van der Waals surface area (Å²) in [7, 11) is -3.40. The van der Waals surface area contributed by atoms with Crippen molar-refractivity contribution in [1.29, 1.82) is 0 Å². The molecule has 0 amide bonds. The zero-order valence-electron chi connectivity index (χ0n) is 9.06. The summed E-state index contributed by atoms with van der Waals surface area (Å²) in [5.74, 6) is 0.311. The number of sulfonamides is 1. The molecule has 0 aliphatic heterocycles. The molecule has 90 valence electrons. The lowest BCUT2D eigenvalue weighted by Crippen LogP contribution is -2.28. The van der Waals surface area contributed by atoms with Gasteiger partial charge in [-0.25, -0.2) is 13.1 Å². The highest BCUT2D eigenvalue weighted by Gasteiger charge is 2.14. The second kappa shape index (κ2) is 6.32. The van der Waals surface area contributed by atoms with E-state index in [1.54, 1.807) is 12.3 Å². The third kappa shape index (κ3) is 4.19. The summed E-state index contributed by atoms with van der Waals surface area (Å²) in [6.07, 6.45) is 3.83. The third-order valence-electron chi connectivity index (χ3n) is 2.17. The predicted molar refractivity (Wildman–Crippen MR) is 67.0 cm³/mol. The molecule has 1 unspecified atom stereocenters. The van der Waals surface area contributed by atoms with Gasteiger partial charge in [-0.3, -0.25) is 4.98 Å². The van der Waals surface area contributed by atoms with Gasteiger partial charge in [0.05, 0.1) is 0 Å². The van der Waals surface area contributed by atoms with Gasteiger partial charge in [-0.05, 0) is 24.5 Å². The standard InChI is InChI=1S/C10H15BrN2O2S/c1-9(4-5-11)7-13-16(14,15)10-3-2-6-12-8-10/h2-3,6,8-9,13H,4-5,7H2,1H3. The highest BCUT2D eigenvalue weighted by Crippen LogP contribution is 2.08. The van der Waals surface area contributed by atoms with Gasteiger partial charge in [-0.1, -0.05) is 22.9 Å². The molecule has 1 rings (SSSR count). The second-order valence-corrected chi connectivity index (χ2v) is 6.18. The number of hydrogen-bond donors (Lipinski definition) is 1. The lowest BCUT2D eigenvalue weighted by atomic mass is 10.1. The average molecular weight is 307 g/mol.